The number of carbonyl (C=O) groups is 1. The normalized spacial score (nSPS) is 12.4. The SMILES string of the molecule is Cc1cnc(CNCC(C)C(N)=O)cn1. The Bertz CT molecular complexity index is 323. The number of nitrogens with two attached hydrogens (primary N) is 1. The highest BCUT2D eigenvalue weighted by atomic mass is 16.1. The molecule has 5 heteroatoms. The third kappa shape index (κ3) is 4.03. The number of carbonyl (C=O) groups excluding carboxylic acids is 1. The summed E-state index contributed by atoms with van der Waals surface area (Å²) in [4.78, 5) is 19.0. The molecule has 3 N–H and O–H groups in total. The Kier molecular flexibility index (Phi) is 4.17. The van der Waals surface area contributed by atoms with Crippen molar-refractivity contribution in [2.45, 2.75) is 20.4 Å². The maximum absolute atomic E-state index is 10.7. The molecule has 0 aliphatic heterocycles. The van der Waals surface area contributed by atoms with Crippen molar-refractivity contribution in [3.63, 3.8) is 0 Å². The Labute approximate surface area is 89.1 Å². The van der Waals surface area contributed by atoms with Gasteiger partial charge in [-0.25, -0.2) is 0 Å². The largest absolute Gasteiger partial charge is 0.369 e. The van der Waals surface area contributed by atoms with Crippen molar-refractivity contribution < 1.29 is 4.79 Å². The molecule has 1 amide bonds. The molecule has 0 aliphatic rings. The van der Waals surface area contributed by atoms with Crippen molar-refractivity contribution in [1.29, 1.82) is 0 Å². The second-order valence-electron chi connectivity index (χ2n) is 3.58. The average Bonchev–Trinajstić information content (AvgIpc) is 2.20. The van der Waals surface area contributed by atoms with E-state index in [0.717, 1.165) is 11.4 Å². The third-order valence-corrected chi connectivity index (χ3v) is 2.08. The van der Waals surface area contributed by atoms with Gasteiger partial charge in [0.15, 0.2) is 0 Å². The molecule has 0 saturated heterocycles. The minimum Gasteiger partial charge on any atom is -0.369 e. The van der Waals surface area contributed by atoms with E-state index in [2.05, 4.69) is 15.3 Å². The summed E-state index contributed by atoms with van der Waals surface area (Å²) < 4.78 is 0. The van der Waals surface area contributed by atoms with Gasteiger partial charge in [-0.1, -0.05) is 6.92 Å². The quantitative estimate of drug-likeness (QED) is 0.713. The van der Waals surface area contributed by atoms with Crippen molar-refractivity contribution in [3.05, 3.63) is 23.8 Å². The molecule has 82 valence electrons. The van der Waals surface area contributed by atoms with Crippen LogP contribution in [0.2, 0.25) is 0 Å². The zero-order chi connectivity index (χ0) is 11.3. The van der Waals surface area contributed by atoms with Gasteiger partial charge >= 0.3 is 0 Å². The standard InChI is InChI=1S/C10H16N4O/c1-7(10(11)15)3-12-5-9-6-13-8(2)4-14-9/h4,6-7,12H,3,5H2,1-2H3,(H2,11,15). The summed E-state index contributed by atoms with van der Waals surface area (Å²) in [6, 6.07) is 0. The van der Waals surface area contributed by atoms with E-state index in [1.165, 1.54) is 0 Å². The Morgan fingerprint density at radius 2 is 2.27 bits per heavy atom. The monoisotopic (exact) mass is 208 g/mol. The van der Waals surface area contributed by atoms with Crippen LogP contribution in [0.4, 0.5) is 0 Å². The summed E-state index contributed by atoms with van der Waals surface area (Å²) in [5.41, 5.74) is 6.88. The number of aryl methyl sites for hydroxylation is 1. The molecule has 0 saturated carbocycles. The lowest BCUT2D eigenvalue weighted by molar-refractivity contribution is -0.121. The molecule has 1 aromatic rings. The lowest BCUT2D eigenvalue weighted by Gasteiger charge is -2.08. The fraction of sp³-hybridized carbons (Fsp3) is 0.500. The third-order valence-electron chi connectivity index (χ3n) is 2.08. The topological polar surface area (TPSA) is 80.9 Å². The summed E-state index contributed by atoms with van der Waals surface area (Å²) in [5, 5.41) is 3.10. The van der Waals surface area contributed by atoms with Crippen LogP contribution in [0, 0.1) is 12.8 Å². The van der Waals surface area contributed by atoms with Gasteiger partial charge in [-0.05, 0) is 6.92 Å². The fourth-order valence-electron chi connectivity index (χ4n) is 1.03. The molecule has 1 aromatic heterocycles. The highest BCUT2D eigenvalue weighted by Gasteiger charge is 2.07. The first-order valence-electron chi connectivity index (χ1n) is 4.87. The van der Waals surface area contributed by atoms with Gasteiger partial charge in [-0.3, -0.25) is 14.8 Å². The highest BCUT2D eigenvalue weighted by Crippen LogP contribution is 1.95. The van der Waals surface area contributed by atoms with Gasteiger partial charge < -0.3 is 11.1 Å². The fourth-order valence-corrected chi connectivity index (χ4v) is 1.03. The maximum Gasteiger partial charge on any atom is 0.221 e. The molecule has 1 atom stereocenters. The van der Waals surface area contributed by atoms with E-state index in [-0.39, 0.29) is 11.8 Å². The van der Waals surface area contributed by atoms with Gasteiger partial charge in [0.05, 0.1) is 11.4 Å². The van der Waals surface area contributed by atoms with E-state index in [4.69, 9.17) is 5.73 Å². The van der Waals surface area contributed by atoms with E-state index in [1.54, 1.807) is 19.3 Å². The molecule has 0 aliphatic carbocycles. The Balaban J connectivity index is 2.32. The average molecular weight is 208 g/mol. The molecule has 1 heterocycles. The van der Waals surface area contributed by atoms with Crippen LogP contribution in [-0.2, 0) is 11.3 Å². The number of hydrogen-bond acceptors (Lipinski definition) is 4. The van der Waals surface area contributed by atoms with Gasteiger partial charge in [0.25, 0.3) is 0 Å². The van der Waals surface area contributed by atoms with Gasteiger partial charge in [-0.2, -0.15) is 0 Å². The number of aromatic nitrogens is 2. The Morgan fingerprint density at radius 3 is 2.80 bits per heavy atom. The van der Waals surface area contributed by atoms with E-state index >= 15 is 0 Å². The van der Waals surface area contributed by atoms with E-state index in [9.17, 15) is 4.79 Å². The first kappa shape index (κ1) is 11.6. The summed E-state index contributed by atoms with van der Waals surface area (Å²) in [6.45, 7) is 4.84. The number of primary amides is 1. The summed E-state index contributed by atoms with van der Waals surface area (Å²) in [5.74, 6) is -0.458. The van der Waals surface area contributed by atoms with Crippen LogP contribution in [0.15, 0.2) is 12.4 Å². The lowest BCUT2D eigenvalue weighted by atomic mass is 10.2. The Hall–Kier alpha value is -1.49. The minimum atomic E-state index is -0.294. The number of nitrogens with zero attached hydrogens (tertiary/aromatic N) is 2. The van der Waals surface area contributed by atoms with Crippen LogP contribution >= 0.6 is 0 Å². The second-order valence-corrected chi connectivity index (χ2v) is 3.58. The predicted octanol–water partition coefficient (Wildman–Crippen LogP) is -0.00398. The van der Waals surface area contributed by atoms with E-state index in [1.807, 2.05) is 6.92 Å². The molecular weight excluding hydrogens is 192 g/mol. The van der Waals surface area contributed by atoms with Crippen molar-refractivity contribution >= 4 is 5.91 Å². The maximum atomic E-state index is 10.7. The van der Waals surface area contributed by atoms with E-state index < -0.39 is 0 Å². The van der Waals surface area contributed by atoms with Gasteiger partial charge in [0, 0.05) is 31.4 Å². The van der Waals surface area contributed by atoms with Crippen LogP contribution in [0.5, 0.6) is 0 Å². The Morgan fingerprint density at radius 1 is 1.53 bits per heavy atom. The molecule has 15 heavy (non-hydrogen) atoms. The zero-order valence-electron chi connectivity index (χ0n) is 9.03. The number of rotatable bonds is 5. The first-order valence-corrected chi connectivity index (χ1v) is 4.87. The number of nitrogens with one attached hydrogen (secondary N) is 1. The van der Waals surface area contributed by atoms with Crippen molar-refractivity contribution in [2.24, 2.45) is 11.7 Å². The van der Waals surface area contributed by atoms with E-state index in [0.29, 0.717) is 13.1 Å². The van der Waals surface area contributed by atoms with Gasteiger partial charge in [-0.15, -0.1) is 0 Å². The number of amides is 1. The van der Waals surface area contributed by atoms with Crippen LogP contribution in [0.25, 0.3) is 0 Å². The lowest BCUT2D eigenvalue weighted by Crippen LogP contribution is -2.30. The van der Waals surface area contributed by atoms with Gasteiger partial charge in [0.1, 0.15) is 0 Å². The molecular formula is C10H16N4O. The summed E-state index contributed by atoms with van der Waals surface area (Å²) >= 11 is 0. The summed E-state index contributed by atoms with van der Waals surface area (Å²) in [6.07, 6.45) is 3.44. The molecule has 0 bridgehead atoms. The molecule has 0 fully saturated rings. The summed E-state index contributed by atoms with van der Waals surface area (Å²) in [7, 11) is 0. The van der Waals surface area contributed by atoms with Crippen molar-refractivity contribution in [1.82, 2.24) is 15.3 Å². The number of hydrogen-bond donors (Lipinski definition) is 2. The molecule has 0 radical (unpaired) electrons. The molecule has 1 rings (SSSR count). The second kappa shape index (κ2) is 5.41. The smallest absolute Gasteiger partial charge is 0.221 e. The highest BCUT2D eigenvalue weighted by molar-refractivity contribution is 5.76. The van der Waals surface area contributed by atoms with Crippen LogP contribution in [0.3, 0.4) is 0 Å². The van der Waals surface area contributed by atoms with Crippen LogP contribution < -0.4 is 11.1 Å². The molecule has 5 nitrogen and oxygen atoms in total. The van der Waals surface area contributed by atoms with Crippen molar-refractivity contribution in [2.75, 3.05) is 6.54 Å². The molecule has 1 unspecified atom stereocenters. The van der Waals surface area contributed by atoms with Crippen LogP contribution in [0.1, 0.15) is 18.3 Å². The first-order chi connectivity index (χ1) is 7.09. The van der Waals surface area contributed by atoms with Crippen molar-refractivity contribution in [3.8, 4) is 0 Å². The molecule has 0 aromatic carbocycles. The van der Waals surface area contributed by atoms with Crippen LogP contribution in [-0.4, -0.2) is 22.4 Å². The molecule has 0 spiro atoms. The zero-order valence-corrected chi connectivity index (χ0v) is 9.03. The minimum absolute atomic E-state index is 0.164. The van der Waals surface area contributed by atoms with Gasteiger partial charge in [0.2, 0.25) is 5.91 Å². The predicted molar refractivity (Wildman–Crippen MR) is 56.8 cm³/mol.